The molecule has 0 radical (unpaired) electrons. The molecule has 130 valence electrons. The third kappa shape index (κ3) is 2.47. The van der Waals surface area contributed by atoms with Crippen molar-refractivity contribution in [1.82, 2.24) is 15.0 Å². The van der Waals surface area contributed by atoms with Crippen LogP contribution in [0.1, 0.15) is 30.9 Å². The van der Waals surface area contributed by atoms with Crippen molar-refractivity contribution in [3.05, 3.63) is 65.9 Å². The summed E-state index contributed by atoms with van der Waals surface area (Å²) in [5.74, 6) is 1.42. The van der Waals surface area contributed by atoms with Crippen LogP contribution in [0.15, 0.2) is 48.8 Å². The van der Waals surface area contributed by atoms with Gasteiger partial charge in [0.2, 0.25) is 5.91 Å². The van der Waals surface area contributed by atoms with E-state index in [9.17, 15) is 4.79 Å². The largest absolute Gasteiger partial charge is 0.273 e. The van der Waals surface area contributed by atoms with Gasteiger partial charge in [-0.05, 0) is 57.0 Å². The van der Waals surface area contributed by atoms with E-state index in [-0.39, 0.29) is 5.91 Å². The number of anilines is 2. The molecule has 0 unspecified atom stereocenters. The zero-order valence-electron chi connectivity index (χ0n) is 15.3. The number of rotatable bonds is 2. The third-order valence-electron chi connectivity index (χ3n) is 4.87. The molecule has 3 heterocycles. The van der Waals surface area contributed by atoms with Crippen LogP contribution in [0.3, 0.4) is 0 Å². The summed E-state index contributed by atoms with van der Waals surface area (Å²) < 4.78 is 0. The fourth-order valence-electron chi connectivity index (χ4n) is 3.35. The van der Waals surface area contributed by atoms with Crippen LogP contribution < -0.4 is 4.90 Å². The number of amides is 1. The van der Waals surface area contributed by atoms with Crippen LogP contribution in [0.2, 0.25) is 0 Å². The molecule has 0 spiro atoms. The van der Waals surface area contributed by atoms with Gasteiger partial charge in [0.05, 0.1) is 11.1 Å². The molecule has 1 aromatic carbocycles. The van der Waals surface area contributed by atoms with Gasteiger partial charge in [-0.25, -0.2) is 15.0 Å². The molecule has 0 atom stereocenters. The highest BCUT2D eigenvalue weighted by Gasteiger charge is 2.45. The molecule has 1 aliphatic rings. The minimum atomic E-state index is -0.594. The van der Waals surface area contributed by atoms with Gasteiger partial charge in [0.25, 0.3) is 0 Å². The van der Waals surface area contributed by atoms with Gasteiger partial charge in [-0.1, -0.05) is 18.2 Å². The predicted octanol–water partition coefficient (Wildman–Crippen LogP) is 4.11. The van der Waals surface area contributed by atoms with Crippen molar-refractivity contribution in [2.24, 2.45) is 0 Å². The molecule has 1 amide bonds. The normalized spacial score (nSPS) is 15.2. The van der Waals surface area contributed by atoms with E-state index in [2.05, 4.69) is 15.0 Å². The molecule has 0 fully saturated rings. The van der Waals surface area contributed by atoms with Crippen LogP contribution in [0.25, 0.3) is 11.1 Å². The first kappa shape index (κ1) is 16.4. The fraction of sp³-hybridized carbons (Fsp3) is 0.238. The minimum absolute atomic E-state index is 0.0305. The summed E-state index contributed by atoms with van der Waals surface area (Å²) in [6.07, 6.45) is 3.61. The van der Waals surface area contributed by atoms with Crippen LogP contribution in [-0.4, -0.2) is 20.9 Å². The number of fused-ring (bicyclic) bond motifs is 1. The lowest BCUT2D eigenvalue weighted by Crippen LogP contribution is -2.33. The van der Waals surface area contributed by atoms with E-state index in [1.807, 2.05) is 64.1 Å². The summed E-state index contributed by atoms with van der Waals surface area (Å²) in [6.45, 7) is 7.70. The Morgan fingerprint density at radius 2 is 1.69 bits per heavy atom. The van der Waals surface area contributed by atoms with Crippen molar-refractivity contribution in [2.45, 2.75) is 33.1 Å². The first-order chi connectivity index (χ1) is 12.4. The maximum atomic E-state index is 13.1. The Morgan fingerprint density at radius 3 is 2.38 bits per heavy atom. The predicted molar refractivity (Wildman–Crippen MR) is 101 cm³/mol. The quantitative estimate of drug-likeness (QED) is 0.702. The second kappa shape index (κ2) is 5.73. The van der Waals surface area contributed by atoms with E-state index in [0.29, 0.717) is 5.82 Å². The standard InChI is InChI=1S/C21H20N4O/c1-13-6-5-7-19(24-13)25-18-10-15(16-11-22-14(2)23-12-16)8-9-17(18)21(3,4)20(25)26/h5-12H,1-4H3. The van der Waals surface area contributed by atoms with Gasteiger partial charge in [-0.3, -0.25) is 9.69 Å². The van der Waals surface area contributed by atoms with E-state index in [4.69, 9.17) is 0 Å². The Labute approximate surface area is 152 Å². The van der Waals surface area contributed by atoms with Crippen molar-refractivity contribution in [2.75, 3.05) is 4.90 Å². The van der Waals surface area contributed by atoms with Crippen molar-refractivity contribution >= 4 is 17.4 Å². The molecule has 4 rings (SSSR count). The number of aromatic nitrogens is 3. The third-order valence-corrected chi connectivity index (χ3v) is 4.87. The molecular weight excluding hydrogens is 324 g/mol. The second-order valence-corrected chi connectivity index (χ2v) is 7.15. The van der Waals surface area contributed by atoms with E-state index < -0.39 is 5.41 Å². The second-order valence-electron chi connectivity index (χ2n) is 7.15. The maximum Gasteiger partial charge on any atom is 0.242 e. The molecule has 2 aromatic heterocycles. The zero-order chi connectivity index (χ0) is 18.5. The molecule has 0 aliphatic carbocycles. The van der Waals surface area contributed by atoms with E-state index in [1.54, 1.807) is 17.3 Å². The molecule has 0 bridgehead atoms. The van der Waals surface area contributed by atoms with Gasteiger partial charge in [0, 0.05) is 23.7 Å². The summed E-state index contributed by atoms with van der Waals surface area (Å²) in [5, 5.41) is 0. The number of hydrogen-bond donors (Lipinski definition) is 0. The first-order valence-electron chi connectivity index (χ1n) is 8.60. The summed E-state index contributed by atoms with van der Waals surface area (Å²) in [5.41, 5.74) is 4.06. The van der Waals surface area contributed by atoms with Crippen molar-refractivity contribution < 1.29 is 4.79 Å². The topological polar surface area (TPSA) is 59.0 Å². The van der Waals surface area contributed by atoms with E-state index >= 15 is 0 Å². The van der Waals surface area contributed by atoms with Crippen molar-refractivity contribution in [3.8, 4) is 11.1 Å². The van der Waals surface area contributed by atoms with Gasteiger partial charge in [0.1, 0.15) is 11.6 Å². The monoisotopic (exact) mass is 344 g/mol. The Morgan fingerprint density at radius 1 is 0.962 bits per heavy atom. The molecule has 5 nitrogen and oxygen atoms in total. The average molecular weight is 344 g/mol. The smallest absolute Gasteiger partial charge is 0.242 e. The van der Waals surface area contributed by atoms with Crippen LogP contribution in [-0.2, 0) is 10.2 Å². The molecule has 3 aromatic rings. The first-order valence-corrected chi connectivity index (χ1v) is 8.60. The number of carbonyl (C=O) groups is 1. The molecule has 0 N–H and O–H groups in total. The Kier molecular flexibility index (Phi) is 3.61. The number of pyridine rings is 1. The van der Waals surface area contributed by atoms with Gasteiger partial charge in [-0.2, -0.15) is 0 Å². The summed E-state index contributed by atoms with van der Waals surface area (Å²) in [6, 6.07) is 11.8. The highest BCUT2D eigenvalue weighted by Crippen LogP contribution is 2.46. The number of carbonyl (C=O) groups excluding carboxylic acids is 1. The van der Waals surface area contributed by atoms with Crippen LogP contribution >= 0.6 is 0 Å². The molecule has 0 saturated heterocycles. The van der Waals surface area contributed by atoms with Crippen molar-refractivity contribution in [3.63, 3.8) is 0 Å². The Bertz CT molecular complexity index is 1010. The summed E-state index contributed by atoms with van der Waals surface area (Å²) in [4.78, 5) is 28.0. The van der Waals surface area contributed by atoms with Crippen LogP contribution in [0.5, 0.6) is 0 Å². The van der Waals surface area contributed by atoms with E-state index in [0.717, 1.165) is 33.9 Å². The van der Waals surface area contributed by atoms with Crippen LogP contribution in [0, 0.1) is 13.8 Å². The lowest BCUT2D eigenvalue weighted by molar-refractivity contribution is -0.121. The lowest BCUT2D eigenvalue weighted by atomic mass is 9.85. The van der Waals surface area contributed by atoms with E-state index in [1.165, 1.54) is 0 Å². The van der Waals surface area contributed by atoms with Crippen LogP contribution in [0.4, 0.5) is 11.5 Å². The van der Waals surface area contributed by atoms with Crippen molar-refractivity contribution in [1.29, 1.82) is 0 Å². The number of aryl methyl sites for hydroxylation is 2. The molecule has 26 heavy (non-hydrogen) atoms. The number of nitrogens with zero attached hydrogens (tertiary/aromatic N) is 4. The average Bonchev–Trinajstić information content (AvgIpc) is 2.81. The zero-order valence-corrected chi connectivity index (χ0v) is 15.3. The lowest BCUT2D eigenvalue weighted by Gasteiger charge is -2.19. The fourth-order valence-corrected chi connectivity index (χ4v) is 3.35. The highest BCUT2D eigenvalue weighted by molar-refractivity contribution is 6.12. The number of hydrogen-bond acceptors (Lipinski definition) is 4. The summed E-state index contributed by atoms with van der Waals surface area (Å²) in [7, 11) is 0. The van der Waals surface area contributed by atoms with Gasteiger partial charge in [0.15, 0.2) is 0 Å². The molecule has 1 aliphatic heterocycles. The maximum absolute atomic E-state index is 13.1. The molecule has 0 saturated carbocycles. The SMILES string of the molecule is Cc1cccc(N2C(=O)C(C)(C)c3ccc(-c4cnc(C)nc4)cc32)n1. The molecule has 5 heteroatoms. The Hall–Kier alpha value is -3.08. The van der Waals surface area contributed by atoms with Gasteiger partial charge < -0.3 is 0 Å². The summed E-state index contributed by atoms with van der Waals surface area (Å²) >= 11 is 0. The molecular formula is C21H20N4O. The number of benzene rings is 1. The van der Waals surface area contributed by atoms with Gasteiger partial charge in [-0.15, -0.1) is 0 Å². The highest BCUT2D eigenvalue weighted by atomic mass is 16.2. The Balaban J connectivity index is 1.89. The minimum Gasteiger partial charge on any atom is -0.273 e. The van der Waals surface area contributed by atoms with Gasteiger partial charge >= 0.3 is 0 Å².